The molecule has 15 heteroatoms. The van der Waals surface area contributed by atoms with Crippen molar-refractivity contribution in [2.75, 3.05) is 31.2 Å². The summed E-state index contributed by atoms with van der Waals surface area (Å²) in [4.78, 5) is 9.02. The van der Waals surface area contributed by atoms with E-state index < -0.39 is 12.2 Å². The molecule has 6 fully saturated rings. The van der Waals surface area contributed by atoms with E-state index in [1.165, 1.54) is 87.4 Å². The molecule has 84 heavy (non-hydrogen) atoms. The number of phenols is 2. The Balaban J connectivity index is 0.649. The number of furan rings is 1. The van der Waals surface area contributed by atoms with Gasteiger partial charge in [-0.05, 0) is 208 Å². The number of aliphatic hydroxyl groups is 3. The van der Waals surface area contributed by atoms with Crippen LogP contribution in [0.3, 0.4) is 0 Å². The first-order valence-electron chi connectivity index (χ1n) is 32.8. The number of aromatic amines is 1. The SMILES string of the molecule is CC(O)CNCC1c2cc(C(O)COc3cc(CCc4cc(CO)c(CCC5CCC6C7CSSCC(N=C(N)NC8CCCC(c9ccc(O)cc9)C8)C(C)CCC6C(C5)CC7N)o4)ccc3O)[nH]c2C2C=CC13CCCC3C21CCCC1. The van der Waals surface area contributed by atoms with Crippen LogP contribution in [0.15, 0.2) is 76.2 Å². The van der Waals surface area contributed by atoms with Gasteiger partial charge in [0.05, 0.1) is 18.8 Å². The number of guanidine groups is 1. The van der Waals surface area contributed by atoms with Crippen molar-refractivity contribution < 1.29 is 34.7 Å². The largest absolute Gasteiger partial charge is 0.508 e. The average molecular weight is 1190 g/mol. The molecule has 16 unspecified atom stereocenters. The number of nitrogens with one attached hydrogen (secondary N) is 3. The molecule has 3 heterocycles. The number of phenolic OH excluding ortho intramolecular Hbond substituents is 2. The van der Waals surface area contributed by atoms with Gasteiger partial charge >= 0.3 is 0 Å². The molecule has 0 amide bonds. The predicted octanol–water partition coefficient (Wildman–Crippen LogP) is 12.2. The number of aliphatic hydroxyl groups excluding tert-OH is 3. The van der Waals surface area contributed by atoms with Gasteiger partial charge in [0.25, 0.3) is 0 Å². The van der Waals surface area contributed by atoms with Crippen LogP contribution in [0.2, 0.25) is 0 Å². The molecule has 8 aliphatic carbocycles. The number of nitrogens with two attached hydrogens (primary N) is 2. The molecule has 458 valence electrons. The summed E-state index contributed by atoms with van der Waals surface area (Å²) in [5, 5.41) is 60.8. The highest BCUT2D eigenvalue weighted by molar-refractivity contribution is 8.76. The standard InChI is InChI=1S/C69H98N6O7S2/c1-41-10-20-52-47-29-43(12-21-53(52)55(58(70)33-47)39-83-84-40-60(41)75-67(71)73-49-8-5-7-46(31-49)45-15-17-50(78)18-16-45)14-23-63-48(37-76)32-51(82-63)19-11-44-13-22-61(79)64(30-44)81-38-62(80)59-34-54-57(36-72-35-42(2)77)69-27-6-9-65(69)68(25-3-4-26-68)56(24-28-69)66(54)74-59/h13,15-18,22,24,28,30,32,34,41-43,46-47,49,52-53,55-58,60,62,65,72,74,76-80H,3-12,14,19-21,23,25-27,29,31,33,35-40,70H2,1-2H3,(H3,71,73,75). The second kappa shape index (κ2) is 26.3. The van der Waals surface area contributed by atoms with Gasteiger partial charge in [-0.15, -0.1) is 0 Å². The number of H-pyrrole nitrogens is 1. The van der Waals surface area contributed by atoms with Crippen LogP contribution in [0.25, 0.3) is 0 Å². The molecular weight excluding hydrogens is 1090 g/mol. The van der Waals surface area contributed by atoms with Crippen LogP contribution in [-0.2, 0) is 25.9 Å². The van der Waals surface area contributed by atoms with Crippen LogP contribution in [0, 0.1) is 52.3 Å². The lowest BCUT2D eigenvalue weighted by Crippen LogP contribution is -2.47. The van der Waals surface area contributed by atoms with Crippen LogP contribution in [0.4, 0.5) is 0 Å². The van der Waals surface area contributed by atoms with Gasteiger partial charge in [0.1, 0.15) is 30.0 Å². The fourth-order valence-corrected chi connectivity index (χ4v) is 21.5. The number of aliphatic imine (C=N–C) groups is 1. The van der Waals surface area contributed by atoms with Crippen molar-refractivity contribution in [3.8, 4) is 17.2 Å². The highest BCUT2D eigenvalue weighted by atomic mass is 33.1. The molecule has 0 radical (unpaired) electrons. The summed E-state index contributed by atoms with van der Waals surface area (Å²) in [7, 11) is 3.96. The van der Waals surface area contributed by atoms with Crippen LogP contribution in [-0.4, -0.2) is 91.9 Å². The molecule has 5 saturated carbocycles. The first-order chi connectivity index (χ1) is 40.8. The Kier molecular flexibility index (Phi) is 18.9. The van der Waals surface area contributed by atoms with Gasteiger partial charge in [0.15, 0.2) is 17.5 Å². The number of rotatable bonds is 18. The fourth-order valence-electron chi connectivity index (χ4n) is 18.7. The third-order valence-corrected chi connectivity index (χ3v) is 25.3. The Hall–Kier alpha value is -4.09. The summed E-state index contributed by atoms with van der Waals surface area (Å²) in [5.74, 6) is 10.1. The Morgan fingerprint density at radius 2 is 1.69 bits per heavy atom. The number of aryl methyl sites for hydroxylation is 3. The lowest BCUT2D eigenvalue weighted by atomic mass is 9.52. The molecule has 4 aromatic rings. The van der Waals surface area contributed by atoms with Crippen molar-refractivity contribution in [3.05, 3.63) is 112 Å². The third kappa shape index (κ3) is 12.6. The number of hydrogen-bond donors (Lipinski definition) is 10. The summed E-state index contributed by atoms with van der Waals surface area (Å²) >= 11 is 0. The minimum absolute atomic E-state index is 0.00701. The maximum atomic E-state index is 11.8. The second-order valence-corrected chi connectivity index (χ2v) is 30.4. The summed E-state index contributed by atoms with van der Waals surface area (Å²) in [5.41, 5.74) is 20.7. The van der Waals surface area contributed by atoms with E-state index in [4.69, 9.17) is 25.6 Å². The first-order valence-corrected chi connectivity index (χ1v) is 35.3. The number of aromatic nitrogens is 1. The van der Waals surface area contributed by atoms with Gasteiger partial charge in [-0.3, -0.25) is 0 Å². The highest BCUT2D eigenvalue weighted by Gasteiger charge is 2.63. The van der Waals surface area contributed by atoms with E-state index in [1.54, 1.807) is 18.2 Å². The van der Waals surface area contributed by atoms with Crippen molar-refractivity contribution in [2.45, 2.75) is 203 Å². The predicted molar refractivity (Wildman–Crippen MR) is 338 cm³/mol. The van der Waals surface area contributed by atoms with Crippen molar-refractivity contribution in [2.24, 2.45) is 68.7 Å². The van der Waals surface area contributed by atoms with Crippen LogP contribution >= 0.6 is 21.6 Å². The zero-order chi connectivity index (χ0) is 58.1. The maximum Gasteiger partial charge on any atom is 0.189 e. The molecule has 6 bridgehead atoms. The topological polar surface area (TPSA) is 228 Å². The van der Waals surface area contributed by atoms with Crippen molar-refractivity contribution in [1.29, 1.82) is 0 Å². The van der Waals surface area contributed by atoms with Gasteiger partial charge in [-0.25, -0.2) is 4.99 Å². The smallest absolute Gasteiger partial charge is 0.189 e. The van der Waals surface area contributed by atoms with E-state index in [0.29, 0.717) is 96.1 Å². The number of ether oxygens (including phenoxy) is 1. The lowest BCUT2D eigenvalue weighted by molar-refractivity contribution is 0.0440. The van der Waals surface area contributed by atoms with Gasteiger partial charge < -0.3 is 61.8 Å². The van der Waals surface area contributed by atoms with Crippen molar-refractivity contribution in [1.82, 2.24) is 15.6 Å². The van der Waals surface area contributed by atoms with E-state index in [2.05, 4.69) is 52.9 Å². The van der Waals surface area contributed by atoms with E-state index in [-0.39, 0.29) is 47.8 Å². The molecule has 12 N–H and O–H groups in total. The third-order valence-electron chi connectivity index (χ3n) is 22.8. The molecule has 9 aliphatic rings. The Bertz CT molecular complexity index is 2900. The summed E-state index contributed by atoms with van der Waals surface area (Å²) < 4.78 is 12.9. The van der Waals surface area contributed by atoms with E-state index in [1.807, 2.05) is 46.7 Å². The molecule has 16 atom stereocenters. The molecule has 1 aliphatic heterocycles. The molecular formula is C69H98N6O7S2. The van der Waals surface area contributed by atoms with Crippen LogP contribution in [0.1, 0.15) is 198 Å². The second-order valence-electron chi connectivity index (χ2n) is 27.8. The molecule has 13 nitrogen and oxygen atoms in total. The Labute approximate surface area is 507 Å². The Morgan fingerprint density at radius 3 is 2.51 bits per heavy atom. The monoisotopic (exact) mass is 1190 g/mol. The molecule has 2 spiro atoms. The summed E-state index contributed by atoms with van der Waals surface area (Å²) in [6.45, 7) is 5.50. The van der Waals surface area contributed by atoms with Gasteiger partial charge in [-0.2, -0.15) is 0 Å². The van der Waals surface area contributed by atoms with Crippen molar-refractivity contribution >= 4 is 27.5 Å². The molecule has 1 saturated heterocycles. The van der Waals surface area contributed by atoms with Gasteiger partial charge in [-0.1, -0.05) is 91.0 Å². The lowest BCUT2D eigenvalue weighted by Gasteiger charge is -2.52. The first kappa shape index (κ1) is 60.2. The average Bonchev–Trinajstić information content (AvgIpc) is 1.59. The summed E-state index contributed by atoms with van der Waals surface area (Å²) in [6, 6.07) is 18.1. The summed E-state index contributed by atoms with van der Waals surface area (Å²) in [6.07, 6.45) is 27.1. The van der Waals surface area contributed by atoms with E-state index in [0.717, 1.165) is 97.8 Å². The fraction of sp³-hybridized carbons (Fsp3) is 0.667. The number of allylic oxidation sites excluding steroid dienone is 2. The minimum atomic E-state index is -0.919. The van der Waals surface area contributed by atoms with E-state index >= 15 is 0 Å². The van der Waals surface area contributed by atoms with E-state index in [9.17, 15) is 25.5 Å². The number of benzene rings is 2. The Morgan fingerprint density at radius 1 is 0.869 bits per heavy atom. The molecule has 2 aromatic carbocycles. The quantitative estimate of drug-likeness (QED) is 0.0194. The number of aromatic hydroxyl groups is 2. The van der Waals surface area contributed by atoms with Gasteiger partial charge in [0, 0.05) is 78.3 Å². The number of hydrogen-bond acceptors (Lipinski definition) is 12. The highest BCUT2D eigenvalue weighted by Crippen LogP contribution is 2.72. The molecule has 2 aromatic heterocycles. The normalized spacial score (nSPS) is 33.6. The zero-order valence-corrected chi connectivity index (χ0v) is 51.7. The van der Waals surface area contributed by atoms with Crippen LogP contribution < -0.4 is 26.8 Å². The minimum Gasteiger partial charge on any atom is -0.508 e. The van der Waals surface area contributed by atoms with Gasteiger partial charge in [0.2, 0.25) is 0 Å². The number of nitrogens with zero attached hydrogens (tertiary/aromatic N) is 1. The maximum absolute atomic E-state index is 11.8. The zero-order valence-electron chi connectivity index (χ0n) is 50.1. The molecule has 13 rings (SSSR count). The van der Waals surface area contributed by atoms with Crippen molar-refractivity contribution in [3.63, 3.8) is 0 Å². The van der Waals surface area contributed by atoms with Crippen LogP contribution in [0.5, 0.6) is 17.2 Å².